The lowest BCUT2D eigenvalue weighted by Gasteiger charge is -2.39. The summed E-state index contributed by atoms with van der Waals surface area (Å²) in [4.78, 5) is 8.67. The zero-order chi connectivity index (χ0) is 20.9. The third kappa shape index (κ3) is 3.39. The van der Waals surface area contributed by atoms with Gasteiger partial charge in [0.25, 0.3) is 0 Å². The van der Waals surface area contributed by atoms with Crippen LogP contribution in [0, 0.1) is 5.92 Å². The molecule has 0 amide bonds. The summed E-state index contributed by atoms with van der Waals surface area (Å²) in [6.07, 6.45) is -3.38. The Morgan fingerprint density at radius 1 is 1.17 bits per heavy atom. The quantitative estimate of drug-likeness (QED) is 0.642. The maximum atomic E-state index is 13.2. The second-order valence-electron chi connectivity index (χ2n) is 8.21. The number of fused-ring (bicyclic) bond motifs is 2. The van der Waals surface area contributed by atoms with Gasteiger partial charge in [-0.1, -0.05) is 31.2 Å². The van der Waals surface area contributed by atoms with E-state index in [2.05, 4.69) is 27.1 Å². The first-order valence-corrected chi connectivity index (χ1v) is 10.2. The van der Waals surface area contributed by atoms with Crippen LogP contribution in [0.5, 0.6) is 5.75 Å². The number of para-hydroxylation sites is 2. The minimum atomic E-state index is -4.52. The van der Waals surface area contributed by atoms with E-state index >= 15 is 0 Å². The Bertz CT molecular complexity index is 1060. The van der Waals surface area contributed by atoms with E-state index in [1.165, 1.54) is 0 Å². The van der Waals surface area contributed by atoms with Gasteiger partial charge in [-0.05, 0) is 37.1 Å². The van der Waals surface area contributed by atoms with Crippen molar-refractivity contribution in [3.05, 3.63) is 53.9 Å². The lowest BCUT2D eigenvalue weighted by molar-refractivity contribution is -0.144. The highest BCUT2D eigenvalue weighted by Gasteiger charge is 2.38. The van der Waals surface area contributed by atoms with E-state index in [-0.39, 0.29) is 12.1 Å². The zero-order valence-electron chi connectivity index (χ0n) is 16.5. The van der Waals surface area contributed by atoms with Crippen LogP contribution in [0.3, 0.4) is 0 Å². The number of nitrogens with zero attached hydrogens (tertiary/aromatic N) is 2. The van der Waals surface area contributed by atoms with Gasteiger partial charge in [0, 0.05) is 12.1 Å². The first kappa shape index (κ1) is 19.2. The molecule has 1 aromatic heterocycles. The highest BCUT2D eigenvalue weighted by atomic mass is 19.4. The SMILES string of the molecule is CC1CCN(C2COc3ccccc3C2Nc2cccc3[nH]c(C(F)(F)F)nc23)C1. The summed E-state index contributed by atoms with van der Waals surface area (Å²) in [7, 11) is 0. The molecule has 2 aromatic carbocycles. The molecule has 2 aliphatic rings. The second-order valence-corrected chi connectivity index (χ2v) is 8.21. The van der Waals surface area contributed by atoms with E-state index in [0.29, 0.717) is 29.2 Å². The fourth-order valence-corrected chi connectivity index (χ4v) is 4.56. The number of anilines is 1. The average Bonchev–Trinajstić information content (AvgIpc) is 3.35. The van der Waals surface area contributed by atoms with E-state index in [0.717, 1.165) is 30.8 Å². The molecule has 2 N–H and O–H groups in total. The van der Waals surface area contributed by atoms with Gasteiger partial charge in [0.2, 0.25) is 5.82 Å². The monoisotopic (exact) mass is 416 g/mol. The summed E-state index contributed by atoms with van der Waals surface area (Å²) in [5.41, 5.74) is 2.25. The van der Waals surface area contributed by atoms with Crippen LogP contribution in [0.15, 0.2) is 42.5 Å². The van der Waals surface area contributed by atoms with Crippen molar-refractivity contribution in [2.45, 2.75) is 31.6 Å². The number of alkyl halides is 3. The number of nitrogens with one attached hydrogen (secondary N) is 2. The second kappa shape index (κ2) is 7.19. The standard InChI is InChI=1S/C22H23F3N4O/c1-13-9-10-29(11-13)17-12-30-18-8-3-2-5-14(18)19(17)26-15-6-4-7-16-20(15)28-21(27-16)22(23,24)25/h2-8,13,17,19,26H,9-12H2,1H3,(H,27,28). The molecule has 1 saturated heterocycles. The molecule has 0 radical (unpaired) electrons. The number of likely N-dealkylation sites (tertiary alicyclic amines) is 1. The summed E-state index contributed by atoms with van der Waals surface area (Å²) < 4.78 is 45.6. The van der Waals surface area contributed by atoms with E-state index in [1.807, 2.05) is 24.3 Å². The summed E-state index contributed by atoms with van der Waals surface area (Å²) in [5.74, 6) is 0.444. The van der Waals surface area contributed by atoms with Gasteiger partial charge in [0.05, 0.1) is 23.3 Å². The predicted octanol–water partition coefficient (Wildman–Crippen LogP) is 4.84. The molecular formula is C22H23F3N4O. The molecule has 3 aromatic rings. The molecule has 5 nitrogen and oxygen atoms in total. The molecule has 30 heavy (non-hydrogen) atoms. The molecule has 2 aliphatic heterocycles. The van der Waals surface area contributed by atoms with E-state index in [4.69, 9.17) is 4.74 Å². The van der Waals surface area contributed by atoms with Crippen LogP contribution in [0.4, 0.5) is 18.9 Å². The van der Waals surface area contributed by atoms with Crippen molar-refractivity contribution >= 4 is 16.7 Å². The van der Waals surface area contributed by atoms with Crippen LogP contribution in [0.2, 0.25) is 0 Å². The normalized spacial score (nSPS) is 24.6. The van der Waals surface area contributed by atoms with Crippen LogP contribution < -0.4 is 10.1 Å². The van der Waals surface area contributed by atoms with Crippen LogP contribution in [0.1, 0.15) is 30.8 Å². The van der Waals surface area contributed by atoms with Crippen LogP contribution in [0.25, 0.3) is 11.0 Å². The molecule has 158 valence electrons. The number of rotatable bonds is 3. The Morgan fingerprint density at radius 2 is 2.00 bits per heavy atom. The molecule has 0 saturated carbocycles. The molecule has 1 fully saturated rings. The van der Waals surface area contributed by atoms with Gasteiger partial charge in [-0.25, -0.2) is 4.98 Å². The first-order valence-electron chi connectivity index (χ1n) is 10.2. The number of aromatic nitrogens is 2. The largest absolute Gasteiger partial charge is 0.491 e. The maximum Gasteiger partial charge on any atom is 0.449 e. The Balaban J connectivity index is 1.54. The number of H-pyrrole nitrogens is 1. The van der Waals surface area contributed by atoms with Gasteiger partial charge >= 0.3 is 6.18 Å². The number of aromatic amines is 1. The first-order chi connectivity index (χ1) is 14.4. The summed E-state index contributed by atoms with van der Waals surface area (Å²) in [6, 6.07) is 12.9. The Kier molecular flexibility index (Phi) is 4.61. The minimum Gasteiger partial charge on any atom is -0.491 e. The van der Waals surface area contributed by atoms with Crippen LogP contribution >= 0.6 is 0 Å². The van der Waals surface area contributed by atoms with Crippen molar-refractivity contribution in [3.8, 4) is 5.75 Å². The zero-order valence-corrected chi connectivity index (χ0v) is 16.5. The predicted molar refractivity (Wildman–Crippen MR) is 109 cm³/mol. The van der Waals surface area contributed by atoms with Gasteiger partial charge in [-0.15, -0.1) is 0 Å². The minimum absolute atomic E-state index is 0.0844. The Morgan fingerprint density at radius 3 is 2.77 bits per heavy atom. The molecule has 3 heterocycles. The van der Waals surface area contributed by atoms with Crippen molar-refractivity contribution < 1.29 is 17.9 Å². The smallest absolute Gasteiger partial charge is 0.449 e. The van der Waals surface area contributed by atoms with Gasteiger partial charge in [-0.3, -0.25) is 4.90 Å². The number of benzene rings is 2. The Hall–Kier alpha value is -2.74. The lowest BCUT2D eigenvalue weighted by Crippen LogP contribution is -2.47. The van der Waals surface area contributed by atoms with Crippen LogP contribution in [-0.2, 0) is 6.18 Å². The molecule has 0 aliphatic carbocycles. The van der Waals surface area contributed by atoms with Crippen LogP contribution in [-0.4, -0.2) is 40.6 Å². The van der Waals surface area contributed by atoms with Crippen molar-refractivity contribution in [2.24, 2.45) is 5.92 Å². The number of hydrogen-bond acceptors (Lipinski definition) is 4. The van der Waals surface area contributed by atoms with E-state index in [1.54, 1.807) is 18.2 Å². The number of halogens is 3. The fourth-order valence-electron chi connectivity index (χ4n) is 4.56. The Labute approximate surface area is 172 Å². The highest BCUT2D eigenvalue weighted by Crippen LogP contribution is 2.39. The number of imidazole rings is 1. The topological polar surface area (TPSA) is 53.2 Å². The molecule has 5 rings (SSSR count). The summed E-state index contributed by atoms with van der Waals surface area (Å²) >= 11 is 0. The van der Waals surface area contributed by atoms with Crippen molar-refractivity contribution in [1.82, 2.24) is 14.9 Å². The van der Waals surface area contributed by atoms with Gasteiger partial charge < -0.3 is 15.0 Å². The maximum absolute atomic E-state index is 13.2. The average molecular weight is 416 g/mol. The van der Waals surface area contributed by atoms with E-state index in [9.17, 15) is 13.2 Å². The molecule has 8 heteroatoms. The van der Waals surface area contributed by atoms with Crippen molar-refractivity contribution in [3.63, 3.8) is 0 Å². The summed E-state index contributed by atoms with van der Waals surface area (Å²) in [5, 5.41) is 3.52. The van der Waals surface area contributed by atoms with Gasteiger partial charge in [0.1, 0.15) is 17.9 Å². The number of ether oxygens (including phenoxy) is 1. The third-order valence-corrected chi connectivity index (χ3v) is 6.06. The van der Waals surface area contributed by atoms with Crippen molar-refractivity contribution in [2.75, 3.05) is 25.0 Å². The molecule has 3 atom stereocenters. The third-order valence-electron chi connectivity index (χ3n) is 6.06. The highest BCUT2D eigenvalue weighted by molar-refractivity contribution is 5.88. The van der Waals surface area contributed by atoms with Gasteiger partial charge in [0.15, 0.2) is 0 Å². The van der Waals surface area contributed by atoms with Gasteiger partial charge in [-0.2, -0.15) is 13.2 Å². The van der Waals surface area contributed by atoms with Crippen molar-refractivity contribution in [1.29, 1.82) is 0 Å². The lowest BCUT2D eigenvalue weighted by atomic mass is 9.94. The molecule has 3 unspecified atom stereocenters. The fraction of sp³-hybridized carbons (Fsp3) is 0.409. The summed E-state index contributed by atoms with van der Waals surface area (Å²) in [6.45, 7) is 4.74. The molecular weight excluding hydrogens is 393 g/mol. The molecule has 0 bridgehead atoms. The molecule has 0 spiro atoms. The van der Waals surface area contributed by atoms with E-state index < -0.39 is 12.0 Å². The number of hydrogen-bond donors (Lipinski definition) is 2.